The van der Waals surface area contributed by atoms with Gasteiger partial charge in [0.25, 0.3) is 5.91 Å². The summed E-state index contributed by atoms with van der Waals surface area (Å²) in [5.74, 6) is 0.311. The highest BCUT2D eigenvalue weighted by atomic mass is 16.1. The lowest BCUT2D eigenvalue weighted by molar-refractivity contribution is 0.0943. The summed E-state index contributed by atoms with van der Waals surface area (Å²) in [6.07, 6.45) is 0. The lowest BCUT2D eigenvalue weighted by Crippen LogP contribution is -2.32. The largest absolute Gasteiger partial charge is 0.350 e. The normalized spacial score (nSPS) is 12.2. The number of hydrogen-bond acceptors (Lipinski definition) is 3. The number of carbonyl (C=O) groups is 1. The Morgan fingerprint density at radius 1 is 1.44 bits per heavy atom. The zero-order chi connectivity index (χ0) is 12.0. The Kier molecular flexibility index (Phi) is 4.92. The lowest BCUT2D eigenvalue weighted by atomic mass is 10.2. The van der Waals surface area contributed by atoms with Crippen molar-refractivity contribution >= 4 is 5.91 Å². The maximum absolute atomic E-state index is 11.7. The third kappa shape index (κ3) is 3.98. The molecule has 16 heavy (non-hydrogen) atoms. The van der Waals surface area contributed by atoms with Gasteiger partial charge in [0.1, 0.15) is 5.69 Å². The molecular formula is C12H19N3O. The standard InChI is InChI=1S/C12H19N3O/c1-9(7-13-3)8-14-12(16)11-6-4-5-10(2)15-11/h4-6,9,13H,7-8H2,1-3H3,(H,14,16). The van der Waals surface area contributed by atoms with Crippen LogP contribution in [-0.4, -0.2) is 31.0 Å². The third-order valence-electron chi connectivity index (χ3n) is 2.28. The number of rotatable bonds is 5. The predicted molar refractivity (Wildman–Crippen MR) is 64.4 cm³/mol. The van der Waals surface area contributed by atoms with E-state index in [-0.39, 0.29) is 5.91 Å². The monoisotopic (exact) mass is 221 g/mol. The van der Waals surface area contributed by atoms with Crippen LogP contribution in [0.5, 0.6) is 0 Å². The summed E-state index contributed by atoms with van der Waals surface area (Å²) in [6.45, 7) is 5.51. The summed E-state index contributed by atoms with van der Waals surface area (Å²) >= 11 is 0. The van der Waals surface area contributed by atoms with Crippen molar-refractivity contribution in [3.63, 3.8) is 0 Å². The van der Waals surface area contributed by atoms with Gasteiger partial charge in [-0.25, -0.2) is 4.98 Å². The Morgan fingerprint density at radius 2 is 2.19 bits per heavy atom. The number of nitrogens with zero attached hydrogens (tertiary/aromatic N) is 1. The molecule has 0 fully saturated rings. The summed E-state index contributed by atoms with van der Waals surface area (Å²) in [4.78, 5) is 15.9. The summed E-state index contributed by atoms with van der Waals surface area (Å²) in [7, 11) is 1.90. The van der Waals surface area contributed by atoms with E-state index in [0.717, 1.165) is 12.2 Å². The smallest absolute Gasteiger partial charge is 0.269 e. The van der Waals surface area contributed by atoms with Crippen molar-refractivity contribution < 1.29 is 4.79 Å². The van der Waals surface area contributed by atoms with Crippen molar-refractivity contribution in [2.45, 2.75) is 13.8 Å². The van der Waals surface area contributed by atoms with Crippen molar-refractivity contribution in [3.8, 4) is 0 Å². The zero-order valence-electron chi connectivity index (χ0n) is 10.1. The van der Waals surface area contributed by atoms with Crippen molar-refractivity contribution in [2.75, 3.05) is 20.1 Å². The fraction of sp³-hybridized carbons (Fsp3) is 0.500. The van der Waals surface area contributed by atoms with Crippen molar-refractivity contribution in [1.29, 1.82) is 0 Å². The number of nitrogens with one attached hydrogen (secondary N) is 2. The molecule has 1 rings (SSSR count). The molecule has 2 N–H and O–H groups in total. The Bertz CT molecular complexity index is 352. The van der Waals surface area contributed by atoms with Gasteiger partial charge in [-0.05, 0) is 38.6 Å². The number of pyridine rings is 1. The van der Waals surface area contributed by atoms with Crippen LogP contribution in [-0.2, 0) is 0 Å². The molecule has 1 aromatic rings. The van der Waals surface area contributed by atoms with E-state index < -0.39 is 0 Å². The van der Waals surface area contributed by atoms with Crippen LogP contribution >= 0.6 is 0 Å². The minimum atomic E-state index is -0.105. The van der Waals surface area contributed by atoms with E-state index in [1.165, 1.54) is 0 Å². The molecule has 0 aliphatic carbocycles. The van der Waals surface area contributed by atoms with Crippen LogP contribution in [0.4, 0.5) is 0 Å². The molecule has 0 aromatic carbocycles. The molecule has 0 saturated heterocycles. The molecule has 0 aliphatic rings. The molecule has 4 heteroatoms. The van der Waals surface area contributed by atoms with Crippen LogP contribution in [0.25, 0.3) is 0 Å². The first-order chi connectivity index (χ1) is 7.63. The van der Waals surface area contributed by atoms with Gasteiger partial charge in [0.05, 0.1) is 0 Å². The predicted octanol–water partition coefficient (Wildman–Crippen LogP) is 0.975. The molecule has 0 spiro atoms. The molecule has 0 aliphatic heterocycles. The van der Waals surface area contributed by atoms with Crippen LogP contribution < -0.4 is 10.6 Å². The lowest BCUT2D eigenvalue weighted by Gasteiger charge is -2.11. The number of carbonyl (C=O) groups excluding carboxylic acids is 1. The fourth-order valence-electron chi connectivity index (χ4n) is 1.45. The van der Waals surface area contributed by atoms with Crippen molar-refractivity contribution in [2.24, 2.45) is 5.92 Å². The van der Waals surface area contributed by atoms with Gasteiger partial charge in [0.15, 0.2) is 0 Å². The maximum atomic E-state index is 11.7. The molecule has 1 heterocycles. The highest BCUT2D eigenvalue weighted by molar-refractivity contribution is 5.92. The third-order valence-corrected chi connectivity index (χ3v) is 2.28. The van der Waals surface area contributed by atoms with Gasteiger partial charge >= 0.3 is 0 Å². The molecule has 4 nitrogen and oxygen atoms in total. The number of aromatic nitrogens is 1. The molecule has 1 aromatic heterocycles. The van der Waals surface area contributed by atoms with Crippen LogP contribution in [0.1, 0.15) is 23.1 Å². The number of amides is 1. The van der Waals surface area contributed by atoms with Gasteiger partial charge in [-0.2, -0.15) is 0 Å². The summed E-state index contributed by atoms with van der Waals surface area (Å²) in [5, 5.41) is 5.94. The molecule has 0 bridgehead atoms. The minimum absolute atomic E-state index is 0.105. The van der Waals surface area contributed by atoms with Crippen LogP contribution in [0.2, 0.25) is 0 Å². The number of hydrogen-bond donors (Lipinski definition) is 2. The molecule has 0 radical (unpaired) electrons. The fourth-order valence-corrected chi connectivity index (χ4v) is 1.45. The van der Waals surface area contributed by atoms with E-state index in [1.807, 2.05) is 26.1 Å². The van der Waals surface area contributed by atoms with Gasteiger partial charge in [-0.3, -0.25) is 4.79 Å². The van der Waals surface area contributed by atoms with E-state index in [4.69, 9.17) is 0 Å². The average molecular weight is 221 g/mol. The maximum Gasteiger partial charge on any atom is 0.269 e. The highest BCUT2D eigenvalue weighted by Crippen LogP contribution is 1.98. The first-order valence-corrected chi connectivity index (χ1v) is 5.50. The second kappa shape index (κ2) is 6.23. The minimum Gasteiger partial charge on any atom is -0.350 e. The van der Waals surface area contributed by atoms with Gasteiger partial charge < -0.3 is 10.6 Å². The van der Waals surface area contributed by atoms with Gasteiger partial charge in [0, 0.05) is 12.2 Å². The van der Waals surface area contributed by atoms with Gasteiger partial charge in [-0.1, -0.05) is 13.0 Å². The quantitative estimate of drug-likeness (QED) is 0.779. The zero-order valence-corrected chi connectivity index (χ0v) is 10.1. The van der Waals surface area contributed by atoms with Crippen LogP contribution in [0, 0.1) is 12.8 Å². The second-order valence-corrected chi connectivity index (χ2v) is 4.04. The number of aryl methyl sites for hydroxylation is 1. The molecule has 0 saturated carbocycles. The Balaban J connectivity index is 2.47. The Hall–Kier alpha value is -1.42. The van der Waals surface area contributed by atoms with Crippen molar-refractivity contribution in [3.05, 3.63) is 29.6 Å². The second-order valence-electron chi connectivity index (χ2n) is 4.04. The van der Waals surface area contributed by atoms with Gasteiger partial charge in [0.2, 0.25) is 0 Å². The Labute approximate surface area is 96.5 Å². The van der Waals surface area contributed by atoms with E-state index >= 15 is 0 Å². The first-order valence-electron chi connectivity index (χ1n) is 5.50. The highest BCUT2D eigenvalue weighted by Gasteiger charge is 2.08. The van der Waals surface area contributed by atoms with E-state index in [2.05, 4.69) is 22.5 Å². The average Bonchev–Trinajstić information content (AvgIpc) is 2.26. The summed E-state index contributed by atoms with van der Waals surface area (Å²) < 4.78 is 0. The van der Waals surface area contributed by atoms with E-state index in [0.29, 0.717) is 18.2 Å². The first kappa shape index (κ1) is 12.6. The SMILES string of the molecule is CNCC(C)CNC(=O)c1cccc(C)n1. The molecule has 1 unspecified atom stereocenters. The van der Waals surface area contributed by atoms with Crippen LogP contribution in [0.15, 0.2) is 18.2 Å². The topological polar surface area (TPSA) is 54.0 Å². The van der Waals surface area contributed by atoms with E-state index in [1.54, 1.807) is 6.07 Å². The van der Waals surface area contributed by atoms with Crippen LogP contribution in [0.3, 0.4) is 0 Å². The van der Waals surface area contributed by atoms with Gasteiger partial charge in [-0.15, -0.1) is 0 Å². The molecule has 1 atom stereocenters. The summed E-state index contributed by atoms with van der Waals surface area (Å²) in [6, 6.07) is 5.44. The molecule has 88 valence electrons. The molecule has 1 amide bonds. The summed E-state index contributed by atoms with van der Waals surface area (Å²) in [5.41, 5.74) is 1.34. The Morgan fingerprint density at radius 3 is 2.81 bits per heavy atom. The van der Waals surface area contributed by atoms with E-state index in [9.17, 15) is 4.79 Å². The molecular weight excluding hydrogens is 202 g/mol. The van der Waals surface area contributed by atoms with Crippen molar-refractivity contribution in [1.82, 2.24) is 15.6 Å².